The van der Waals surface area contributed by atoms with Gasteiger partial charge in [-0.05, 0) is 19.9 Å². The summed E-state index contributed by atoms with van der Waals surface area (Å²) in [6, 6.07) is 0.655. The molecule has 0 aromatic rings. The fourth-order valence-electron chi connectivity index (χ4n) is 2.34. The third kappa shape index (κ3) is 5.10. The SMILES string of the molecule is C=CCOC[C@@H](O)CN(C)C1CCCCC1. The highest BCUT2D eigenvalue weighted by atomic mass is 16.5. The summed E-state index contributed by atoms with van der Waals surface area (Å²) < 4.78 is 5.24. The first-order valence-corrected chi connectivity index (χ1v) is 6.31. The van der Waals surface area contributed by atoms with Crippen molar-refractivity contribution < 1.29 is 9.84 Å². The van der Waals surface area contributed by atoms with Crippen LogP contribution in [-0.4, -0.2) is 49.0 Å². The van der Waals surface area contributed by atoms with Crippen molar-refractivity contribution in [2.45, 2.75) is 44.2 Å². The van der Waals surface area contributed by atoms with Gasteiger partial charge in [-0.1, -0.05) is 25.3 Å². The Morgan fingerprint density at radius 2 is 2.12 bits per heavy atom. The van der Waals surface area contributed by atoms with Gasteiger partial charge in [-0.2, -0.15) is 0 Å². The minimum Gasteiger partial charge on any atom is -0.389 e. The highest BCUT2D eigenvalue weighted by Crippen LogP contribution is 2.21. The van der Waals surface area contributed by atoms with E-state index in [1.807, 2.05) is 0 Å². The van der Waals surface area contributed by atoms with Crippen molar-refractivity contribution >= 4 is 0 Å². The Kier molecular flexibility index (Phi) is 6.69. The van der Waals surface area contributed by atoms with Crippen molar-refractivity contribution in [3.05, 3.63) is 12.7 Å². The van der Waals surface area contributed by atoms with Crippen molar-refractivity contribution in [3.63, 3.8) is 0 Å². The molecule has 0 aromatic heterocycles. The summed E-state index contributed by atoms with van der Waals surface area (Å²) >= 11 is 0. The lowest BCUT2D eigenvalue weighted by atomic mass is 9.94. The molecule has 0 bridgehead atoms. The van der Waals surface area contributed by atoms with Crippen LogP contribution in [0.25, 0.3) is 0 Å². The Balaban J connectivity index is 2.15. The average molecular weight is 227 g/mol. The molecule has 1 atom stereocenters. The summed E-state index contributed by atoms with van der Waals surface area (Å²) in [5, 5.41) is 9.78. The number of ether oxygens (including phenoxy) is 1. The van der Waals surface area contributed by atoms with Crippen LogP contribution >= 0.6 is 0 Å². The van der Waals surface area contributed by atoms with Crippen molar-refractivity contribution in [2.24, 2.45) is 0 Å². The summed E-state index contributed by atoms with van der Waals surface area (Å²) in [4.78, 5) is 2.28. The van der Waals surface area contributed by atoms with Crippen LogP contribution in [0.2, 0.25) is 0 Å². The molecule has 3 nitrogen and oxygen atoms in total. The second-order valence-corrected chi connectivity index (χ2v) is 4.71. The van der Waals surface area contributed by atoms with Gasteiger partial charge in [0.2, 0.25) is 0 Å². The smallest absolute Gasteiger partial charge is 0.0900 e. The summed E-state index contributed by atoms with van der Waals surface area (Å²) in [6.07, 6.45) is 7.91. The minimum absolute atomic E-state index is 0.383. The van der Waals surface area contributed by atoms with Crippen LogP contribution in [0.1, 0.15) is 32.1 Å². The van der Waals surface area contributed by atoms with E-state index < -0.39 is 0 Å². The third-order valence-electron chi connectivity index (χ3n) is 3.24. The predicted octanol–water partition coefficient (Wildman–Crippen LogP) is 1.81. The molecule has 0 amide bonds. The zero-order valence-corrected chi connectivity index (χ0v) is 10.4. The van der Waals surface area contributed by atoms with Gasteiger partial charge in [0.1, 0.15) is 0 Å². The van der Waals surface area contributed by atoms with E-state index in [1.165, 1.54) is 32.1 Å². The maximum Gasteiger partial charge on any atom is 0.0900 e. The van der Waals surface area contributed by atoms with Crippen molar-refractivity contribution in [1.82, 2.24) is 4.90 Å². The van der Waals surface area contributed by atoms with Gasteiger partial charge in [0.25, 0.3) is 0 Å². The van der Waals surface area contributed by atoms with E-state index in [-0.39, 0.29) is 6.10 Å². The van der Waals surface area contributed by atoms with Crippen LogP contribution < -0.4 is 0 Å². The molecule has 1 fully saturated rings. The number of rotatable bonds is 7. The monoisotopic (exact) mass is 227 g/mol. The lowest BCUT2D eigenvalue weighted by Gasteiger charge is -2.32. The molecule has 1 saturated carbocycles. The van der Waals surface area contributed by atoms with E-state index in [0.29, 0.717) is 25.8 Å². The molecule has 0 radical (unpaired) electrons. The number of likely N-dealkylation sites (N-methyl/N-ethyl adjacent to an activating group) is 1. The molecule has 0 aromatic carbocycles. The molecule has 0 aliphatic heterocycles. The molecule has 1 rings (SSSR count). The zero-order chi connectivity index (χ0) is 11.8. The van der Waals surface area contributed by atoms with E-state index >= 15 is 0 Å². The third-order valence-corrected chi connectivity index (χ3v) is 3.24. The first-order chi connectivity index (χ1) is 7.74. The lowest BCUT2D eigenvalue weighted by molar-refractivity contribution is 0.0197. The molecule has 94 valence electrons. The molecule has 1 N–H and O–H groups in total. The number of aliphatic hydroxyl groups excluding tert-OH is 1. The topological polar surface area (TPSA) is 32.7 Å². The van der Waals surface area contributed by atoms with Crippen molar-refractivity contribution in [2.75, 3.05) is 26.8 Å². The van der Waals surface area contributed by atoms with Crippen LogP contribution in [0.4, 0.5) is 0 Å². The molecular weight excluding hydrogens is 202 g/mol. The number of hydrogen-bond acceptors (Lipinski definition) is 3. The van der Waals surface area contributed by atoms with Gasteiger partial charge < -0.3 is 14.7 Å². The van der Waals surface area contributed by atoms with Gasteiger partial charge >= 0.3 is 0 Å². The van der Waals surface area contributed by atoms with E-state index in [0.717, 1.165) is 0 Å². The van der Waals surface area contributed by atoms with E-state index in [9.17, 15) is 5.11 Å². The van der Waals surface area contributed by atoms with Gasteiger partial charge in [-0.25, -0.2) is 0 Å². The van der Waals surface area contributed by atoms with E-state index in [1.54, 1.807) is 6.08 Å². The molecule has 0 spiro atoms. The Morgan fingerprint density at radius 1 is 1.44 bits per heavy atom. The quantitative estimate of drug-likeness (QED) is 0.532. The van der Waals surface area contributed by atoms with E-state index in [4.69, 9.17) is 4.74 Å². The van der Waals surface area contributed by atoms with Gasteiger partial charge in [0, 0.05) is 12.6 Å². The Bertz CT molecular complexity index is 190. The second-order valence-electron chi connectivity index (χ2n) is 4.71. The molecule has 0 saturated heterocycles. The second kappa shape index (κ2) is 7.82. The zero-order valence-electron chi connectivity index (χ0n) is 10.4. The normalized spacial score (nSPS) is 19.9. The van der Waals surface area contributed by atoms with Crippen LogP contribution in [0.5, 0.6) is 0 Å². The van der Waals surface area contributed by atoms with Gasteiger partial charge in [-0.15, -0.1) is 6.58 Å². The fourth-order valence-corrected chi connectivity index (χ4v) is 2.34. The molecular formula is C13H25NO2. The molecule has 0 heterocycles. The Morgan fingerprint density at radius 3 is 2.75 bits per heavy atom. The van der Waals surface area contributed by atoms with Crippen LogP contribution in [0, 0.1) is 0 Å². The van der Waals surface area contributed by atoms with Gasteiger partial charge in [-0.3, -0.25) is 0 Å². The Labute approximate surface area is 99.1 Å². The van der Waals surface area contributed by atoms with Crippen LogP contribution in [0.3, 0.4) is 0 Å². The maximum atomic E-state index is 9.78. The van der Waals surface area contributed by atoms with Crippen molar-refractivity contribution in [3.8, 4) is 0 Å². The first-order valence-electron chi connectivity index (χ1n) is 6.31. The standard InChI is InChI=1S/C13H25NO2/c1-3-9-16-11-13(15)10-14(2)12-7-5-4-6-8-12/h3,12-13,15H,1,4-11H2,2H3/t13-/m0/s1. The molecule has 1 aliphatic rings. The predicted molar refractivity (Wildman–Crippen MR) is 66.5 cm³/mol. The summed E-state index contributed by atoms with van der Waals surface area (Å²) in [6.45, 7) is 5.21. The highest BCUT2D eigenvalue weighted by molar-refractivity contribution is 4.75. The Hall–Kier alpha value is -0.380. The fraction of sp³-hybridized carbons (Fsp3) is 0.846. The molecule has 16 heavy (non-hydrogen) atoms. The van der Waals surface area contributed by atoms with Crippen molar-refractivity contribution in [1.29, 1.82) is 0 Å². The number of hydrogen-bond donors (Lipinski definition) is 1. The highest BCUT2D eigenvalue weighted by Gasteiger charge is 2.19. The number of aliphatic hydroxyl groups is 1. The average Bonchev–Trinajstić information content (AvgIpc) is 2.30. The maximum absolute atomic E-state index is 9.78. The molecule has 3 heteroatoms. The van der Waals surface area contributed by atoms with Gasteiger partial charge in [0.15, 0.2) is 0 Å². The largest absolute Gasteiger partial charge is 0.389 e. The summed E-state index contributed by atoms with van der Waals surface area (Å²) in [7, 11) is 2.10. The lowest BCUT2D eigenvalue weighted by Crippen LogP contribution is -2.40. The van der Waals surface area contributed by atoms with Crippen LogP contribution in [-0.2, 0) is 4.74 Å². The molecule has 1 aliphatic carbocycles. The van der Waals surface area contributed by atoms with Crippen LogP contribution in [0.15, 0.2) is 12.7 Å². The van der Waals surface area contributed by atoms with Gasteiger partial charge in [0.05, 0.1) is 19.3 Å². The summed E-state index contributed by atoms with van der Waals surface area (Å²) in [5.74, 6) is 0. The minimum atomic E-state index is -0.383. The number of nitrogens with zero attached hydrogens (tertiary/aromatic N) is 1. The molecule has 0 unspecified atom stereocenters. The summed E-state index contributed by atoms with van der Waals surface area (Å²) in [5.41, 5.74) is 0. The van der Waals surface area contributed by atoms with E-state index in [2.05, 4.69) is 18.5 Å². The first kappa shape index (κ1) is 13.7.